The number of fused-ring (bicyclic) bond motifs is 2. The number of allylic oxidation sites excluding steroid dienone is 1. The van der Waals surface area contributed by atoms with Gasteiger partial charge < -0.3 is 29.9 Å². The number of phenols is 1. The van der Waals surface area contributed by atoms with Crippen molar-refractivity contribution in [3.8, 4) is 16.9 Å². The van der Waals surface area contributed by atoms with E-state index in [-0.39, 0.29) is 28.1 Å². The van der Waals surface area contributed by atoms with E-state index in [2.05, 4.69) is 54.5 Å². The highest BCUT2D eigenvalue weighted by Crippen LogP contribution is 2.41. The van der Waals surface area contributed by atoms with Crippen LogP contribution in [0, 0.1) is 0 Å². The van der Waals surface area contributed by atoms with Crippen LogP contribution < -0.4 is 21.9 Å². The lowest BCUT2D eigenvalue weighted by Gasteiger charge is -2.39. The second-order valence-corrected chi connectivity index (χ2v) is 19.4. The summed E-state index contributed by atoms with van der Waals surface area (Å²) in [5.74, 6) is 0.00452. The molecular weight excluding hydrogens is 687 g/mol. The first-order chi connectivity index (χ1) is 25.2. The number of carboxylic acid groups (broad SMARTS) is 1. The highest BCUT2D eigenvalue weighted by Gasteiger charge is 2.39. The molecule has 12 heteroatoms. The van der Waals surface area contributed by atoms with Crippen molar-refractivity contribution in [3.05, 3.63) is 135 Å². The zero-order chi connectivity index (χ0) is 37.9. The Kier molecular flexibility index (Phi) is 10.6. The molecule has 6 N–H and O–H groups in total. The topological polar surface area (TPSA) is 161 Å². The highest BCUT2D eigenvalue weighted by atomic mass is 28.4. The van der Waals surface area contributed by atoms with Crippen LogP contribution in [0.25, 0.3) is 39.1 Å². The third-order valence-electron chi connectivity index (χ3n) is 9.96. The van der Waals surface area contributed by atoms with Crippen molar-refractivity contribution in [3.63, 3.8) is 0 Å². The molecule has 0 saturated heterocycles. The molecule has 1 amide bonds. The number of pyridine rings is 1. The van der Waals surface area contributed by atoms with E-state index >= 15 is 0 Å². The van der Waals surface area contributed by atoms with Gasteiger partial charge in [-0.3, -0.25) is 14.7 Å². The van der Waals surface area contributed by atoms with Crippen LogP contribution in [0.5, 0.6) is 5.75 Å². The van der Waals surface area contributed by atoms with Crippen molar-refractivity contribution in [1.82, 2.24) is 19.9 Å². The zero-order valence-corrected chi connectivity index (χ0v) is 31.5. The molecule has 0 aliphatic carbocycles. The molecule has 11 nitrogen and oxygen atoms in total. The van der Waals surface area contributed by atoms with Gasteiger partial charge in [-0.1, -0.05) is 87.5 Å². The van der Waals surface area contributed by atoms with E-state index in [0.29, 0.717) is 36.4 Å². The van der Waals surface area contributed by atoms with Gasteiger partial charge >= 0.3 is 11.8 Å². The Morgan fingerprint density at radius 3 is 2.47 bits per heavy atom. The summed E-state index contributed by atoms with van der Waals surface area (Å²) in [4.78, 5) is 42.4. The molecule has 0 fully saturated rings. The molecule has 2 aromatic heterocycles. The molecular formula is C41H45N5O6Si. The van der Waals surface area contributed by atoms with Gasteiger partial charge in [0, 0.05) is 36.7 Å². The summed E-state index contributed by atoms with van der Waals surface area (Å²) in [6.07, 6.45) is 2.24. The summed E-state index contributed by atoms with van der Waals surface area (Å²) in [5.41, 5.74) is 6.12. The van der Waals surface area contributed by atoms with Crippen molar-refractivity contribution < 1.29 is 19.4 Å². The molecule has 0 spiro atoms. The third-order valence-corrected chi connectivity index (χ3v) is 14.4. The van der Waals surface area contributed by atoms with E-state index < -0.39 is 14.4 Å². The first kappa shape index (κ1) is 37.1. The number of imidazole rings is 1. The number of rotatable bonds is 12. The van der Waals surface area contributed by atoms with Crippen LogP contribution in [0.3, 0.4) is 0 Å². The SMILES string of the molecule is CC(C)(C)[Si](C)(C)O[C@@H](CNCc1ccc2c(c1)[nH]c(=O)n2C/C=C/c1ccc(-c2ccccc2)c(NC(=O)O)c1)c1ccc(O)c2[nH]c(=O)ccc12. The van der Waals surface area contributed by atoms with E-state index in [1.54, 1.807) is 22.8 Å². The summed E-state index contributed by atoms with van der Waals surface area (Å²) < 4.78 is 8.58. The molecule has 0 aliphatic heterocycles. The lowest BCUT2D eigenvalue weighted by molar-refractivity contribution is 0.181. The summed E-state index contributed by atoms with van der Waals surface area (Å²) in [6, 6.07) is 27.6. The number of aromatic amines is 2. The van der Waals surface area contributed by atoms with E-state index in [4.69, 9.17) is 4.43 Å². The standard InChI is InChI=1S/C41H45N5O6Si/c1-41(2,3)53(4,5)52-36(30-16-19-35(47)38-31(30)17-20-37(48)45-38)25-42-24-27-14-18-34-33(23-27)43-39(49)46(34)21-9-10-26-13-15-29(28-11-7-6-8-12-28)32(22-26)44-40(50)51/h6-20,22-23,36,42,44,47H,21,24-25H2,1-5H3,(H,43,49)(H,45,48)(H,50,51)/b10-9+/t36-/m0/s1. The van der Waals surface area contributed by atoms with Crippen LogP contribution in [0.2, 0.25) is 18.1 Å². The normalized spacial score (nSPS) is 12.8. The van der Waals surface area contributed by atoms with Gasteiger partial charge in [0.15, 0.2) is 8.32 Å². The van der Waals surface area contributed by atoms with E-state index in [1.165, 1.54) is 6.07 Å². The third kappa shape index (κ3) is 8.36. The Morgan fingerprint density at radius 2 is 1.74 bits per heavy atom. The van der Waals surface area contributed by atoms with Gasteiger partial charge in [0.1, 0.15) is 5.75 Å². The van der Waals surface area contributed by atoms with Gasteiger partial charge in [-0.15, -0.1) is 0 Å². The number of hydrogen-bond donors (Lipinski definition) is 6. The summed E-state index contributed by atoms with van der Waals surface area (Å²) in [5, 5.41) is 26.7. The Balaban J connectivity index is 1.18. The molecule has 6 rings (SSSR count). The number of anilines is 1. The molecule has 0 saturated carbocycles. The fourth-order valence-electron chi connectivity index (χ4n) is 6.18. The summed E-state index contributed by atoms with van der Waals surface area (Å²) in [7, 11) is -2.24. The Morgan fingerprint density at radius 1 is 0.962 bits per heavy atom. The maximum atomic E-state index is 13.0. The molecule has 2 heterocycles. The fraction of sp³-hybridized carbons (Fsp3) is 0.244. The van der Waals surface area contributed by atoms with Crippen LogP contribution in [-0.2, 0) is 17.5 Å². The number of amides is 1. The van der Waals surface area contributed by atoms with Crippen LogP contribution >= 0.6 is 0 Å². The molecule has 6 aromatic rings. The minimum atomic E-state index is -2.24. The number of phenolic OH excluding ortho intramolecular Hbond substituents is 1. The summed E-state index contributed by atoms with van der Waals surface area (Å²) >= 11 is 0. The van der Waals surface area contributed by atoms with E-state index in [1.807, 2.05) is 78.9 Å². The van der Waals surface area contributed by atoms with Gasteiger partial charge in [0.2, 0.25) is 5.56 Å². The summed E-state index contributed by atoms with van der Waals surface area (Å²) in [6.45, 7) is 12.3. The average molecular weight is 732 g/mol. The lowest BCUT2D eigenvalue weighted by atomic mass is 10.0. The molecule has 4 aromatic carbocycles. The van der Waals surface area contributed by atoms with Gasteiger partial charge in [-0.2, -0.15) is 0 Å². The van der Waals surface area contributed by atoms with Gasteiger partial charge in [-0.05, 0) is 70.7 Å². The maximum absolute atomic E-state index is 13.0. The smallest absolute Gasteiger partial charge is 0.409 e. The first-order valence-corrected chi connectivity index (χ1v) is 20.4. The fourth-order valence-corrected chi connectivity index (χ4v) is 7.46. The zero-order valence-electron chi connectivity index (χ0n) is 30.5. The number of nitrogens with one attached hydrogen (secondary N) is 4. The molecule has 0 unspecified atom stereocenters. The quantitative estimate of drug-likeness (QED) is 0.0692. The molecule has 0 aliphatic rings. The van der Waals surface area contributed by atoms with Crippen LogP contribution in [0.15, 0.2) is 107 Å². The van der Waals surface area contributed by atoms with E-state index in [0.717, 1.165) is 38.7 Å². The molecule has 274 valence electrons. The van der Waals surface area contributed by atoms with Gasteiger partial charge in [0.05, 0.1) is 28.3 Å². The number of nitrogens with zero attached hydrogens (tertiary/aromatic N) is 1. The number of aromatic hydroxyl groups is 1. The Hall–Kier alpha value is -5.69. The van der Waals surface area contributed by atoms with Crippen molar-refractivity contribution >= 4 is 48.1 Å². The minimum Gasteiger partial charge on any atom is -0.506 e. The molecule has 0 radical (unpaired) electrons. The number of carbonyl (C=O) groups is 1. The monoisotopic (exact) mass is 731 g/mol. The van der Waals surface area contributed by atoms with Crippen molar-refractivity contribution in [2.75, 3.05) is 11.9 Å². The molecule has 53 heavy (non-hydrogen) atoms. The van der Waals surface area contributed by atoms with Crippen LogP contribution in [-0.4, -0.2) is 45.7 Å². The number of H-pyrrole nitrogens is 2. The number of aromatic nitrogens is 3. The maximum Gasteiger partial charge on any atom is 0.409 e. The Bertz CT molecular complexity index is 2420. The van der Waals surface area contributed by atoms with Crippen molar-refractivity contribution in [2.24, 2.45) is 0 Å². The van der Waals surface area contributed by atoms with Crippen molar-refractivity contribution in [2.45, 2.75) is 58.1 Å². The van der Waals surface area contributed by atoms with Gasteiger partial charge in [0.25, 0.3) is 0 Å². The molecule has 1 atom stereocenters. The second kappa shape index (κ2) is 15.1. The van der Waals surface area contributed by atoms with Crippen LogP contribution in [0.1, 0.15) is 43.6 Å². The average Bonchev–Trinajstić information content (AvgIpc) is 3.41. The predicted octanol–water partition coefficient (Wildman–Crippen LogP) is 8.20. The number of hydrogen-bond acceptors (Lipinski definition) is 6. The molecule has 0 bridgehead atoms. The highest BCUT2D eigenvalue weighted by molar-refractivity contribution is 6.74. The second-order valence-electron chi connectivity index (χ2n) is 14.7. The largest absolute Gasteiger partial charge is 0.506 e. The van der Waals surface area contributed by atoms with E-state index in [9.17, 15) is 24.6 Å². The van der Waals surface area contributed by atoms with Crippen molar-refractivity contribution in [1.29, 1.82) is 0 Å². The van der Waals surface area contributed by atoms with Crippen LogP contribution in [0.4, 0.5) is 10.5 Å². The lowest BCUT2D eigenvalue weighted by Crippen LogP contribution is -2.43. The minimum absolute atomic E-state index is 0.00452. The predicted molar refractivity (Wildman–Crippen MR) is 214 cm³/mol. The Labute approximate surface area is 308 Å². The number of benzene rings is 4. The first-order valence-electron chi connectivity index (χ1n) is 17.5. The van der Waals surface area contributed by atoms with Gasteiger partial charge in [-0.25, -0.2) is 9.59 Å².